The molecular weight excluding hydrogens is 314 g/mol. The van der Waals surface area contributed by atoms with Crippen LogP contribution < -0.4 is 5.56 Å². The molecule has 0 spiro atoms. The Morgan fingerprint density at radius 3 is 2.60 bits per heavy atom. The van der Waals surface area contributed by atoms with Crippen LogP contribution in [0.4, 0.5) is 0 Å². The lowest BCUT2D eigenvalue weighted by molar-refractivity contribution is -0.00414. The average molecular weight is 337 g/mol. The van der Waals surface area contributed by atoms with E-state index in [2.05, 4.69) is 24.3 Å². The van der Waals surface area contributed by atoms with Crippen molar-refractivity contribution in [2.45, 2.75) is 57.1 Å². The summed E-state index contributed by atoms with van der Waals surface area (Å²) in [5, 5.41) is 0. The number of aromatic nitrogens is 1. The number of unbranched alkanes of at least 4 members (excludes halogenated alkanes) is 1. The van der Waals surface area contributed by atoms with E-state index in [0.29, 0.717) is 0 Å². The van der Waals surface area contributed by atoms with Gasteiger partial charge in [-0.3, -0.25) is 4.79 Å². The molecule has 4 heteroatoms. The van der Waals surface area contributed by atoms with Gasteiger partial charge < -0.3 is 9.30 Å². The van der Waals surface area contributed by atoms with E-state index >= 15 is 0 Å². The third kappa shape index (κ3) is 3.01. The number of pyridine rings is 1. The standard InChI is InChI=1S/C21H23NO3/c1-21(13-6-5-9-15-7-3-2-4-8-15)17-12-14-22(16-10-11-16)19(23)18(17)20(24)25-21/h2-4,7-8,12,14,16H,5-6,9-11,13H2,1H3. The topological polar surface area (TPSA) is 48.3 Å². The number of rotatable bonds is 6. The smallest absolute Gasteiger partial charge is 0.345 e. The van der Waals surface area contributed by atoms with Gasteiger partial charge in [-0.15, -0.1) is 0 Å². The molecule has 130 valence electrons. The molecule has 4 rings (SSSR count). The molecule has 1 saturated carbocycles. The third-order valence-corrected chi connectivity index (χ3v) is 5.36. The number of cyclic esters (lactones) is 1. The molecular formula is C21H23NO3. The van der Waals surface area contributed by atoms with Gasteiger partial charge in [-0.2, -0.15) is 0 Å². The number of esters is 1. The van der Waals surface area contributed by atoms with Crippen molar-refractivity contribution in [1.29, 1.82) is 0 Å². The first kappa shape index (κ1) is 16.1. The van der Waals surface area contributed by atoms with Crippen molar-refractivity contribution in [3.63, 3.8) is 0 Å². The average Bonchev–Trinajstić information content (AvgIpc) is 3.40. The fourth-order valence-electron chi connectivity index (χ4n) is 3.76. The van der Waals surface area contributed by atoms with Gasteiger partial charge in [0.05, 0.1) is 0 Å². The molecule has 0 bridgehead atoms. The van der Waals surface area contributed by atoms with Gasteiger partial charge in [0, 0.05) is 17.8 Å². The highest BCUT2D eigenvalue weighted by Crippen LogP contribution is 2.40. The maximum atomic E-state index is 12.6. The fourth-order valence-corrected chi connectivity index (χ4v) is 3.76. The van der Waals surface area contributed by atoms with Gasteiger partial charge in [0.1, 0.15) is 11.2 Å². The summed E-state index contributed by atoms with van der Waals surface area (Å²) in [5.41, 5.74) is 1.48. The summed E-state index contributed by atoms with van der Waals surface area (Å²) in [7, 11) is 0. The molecule has 0 N–H and O–H groups in total. The molecule has 1 fully saturated rings. The van der Waals surface area contributed by atoms with Crippen LogP contribution in [-0.4, -0.2) is 10.5 Å². The Bertz CT molecular complexity index is 851. The lowest BCUT2D eigenvalue weighted by Crippen LogP contribution is -2.25. The van der Waals surface area contributed by atoms with E-state index in [1.807, 2.05) is 25.3 Å². The first-order valence-corrected chi connectivity index (χ1v) is 9.11. The van der Waals surface area contributed by atoms with Crippen molar-refractivity contribution in [3.05, 3.63) is 69.6 Å². The first-order chi connectivity index (χ1) is 12.1. The number of carbonyl (C=O) groups excluding carboxylic acids is 1. The molecule has 4 nitrogen and oxygen atoms in total. The number of hydrogen-bond donors (Lipinski definition) is 0. The highest BCUT2D eigenvalue weighted by molar-refractivity contribution is 5.94. The fraction of sp³-hybridized carbons (Fsp3) is 0.429. The number of fused-ring (bicyclic) bond motifs is 1. The van der Waals surface area contributed by atoms with Crippen molar-refractivity contribution in [3.8, 4) is 0 Å². The third-order valence-electron chi connectivity index (χ3n) is 5.36. The zero-order valence-electron chi connectivity index (χ0n) is 14.5. The molecule has 1 unspecified atom stereocenters. The normalized spacial score (nSPS) is 21.9. The largest absolute Gasteiger partial charge is 0.451 e. The summed E-state index contributed by atoms with van der Waals surface area (Å²) < 4.78 is 7.35. The van der Waals surface area contributed by atoms with Crippen molar-refractivity contribution in [2.24, 2.45) is 0 Å². The number of hydrogen-bond acceptors (Lipinski definition) is 3. The predicted octanol–water partition coefficient (Wildman–Crippen LogP) is 3.98. The zero-order chi connectivity index (χ0) is 17.4. The van der Waals surface area contributed by atoms with Crippen LogP contribution in [0.25, 0.3) is 0 Å². The van der Waals surface area contributed by atoms with Gasteiger partial charge in [0.15, 0.2) is 0 Å². The molecule has 2 aromatic rings. The minimum absolute atomic E-state index is 0.182. The van der Waals surface area contributed by atoms with E-state index in [-0.39, 0.29) is 17.2 Å². The Kier molecular flexibility index (Phi) is 3.98. The SMILES string of the molecule is CC1(CCCCc2ccccc2)OC(=O)c2c1ccn(C1CC1)c2=O. The molecule has 0 amide bonds. The van der Waals surface area contributed by atoms with Gasteiger partial charge in [-0.1, -0.05) is 30.3 Å². The number of ether oxygens (including phenoxy) is 1. The minimum atomic E-state index is -0.676. The first-order valence-electron chi connectivity index (χ1n) is 9.11. The number of nitrogens with zero attached hydrogens (tertiary/aromatic N) is 1. The van der Waals surface area contributed by atoms with Gasteiger partial charge in [-0.05, 0) is 57.1 Å². The number of benzene rings is 1. The molecule has 1 atom stereocenters. The van der Waals surface area contributed by atoms with E-state index in [0.717, 1.165) is 44.1 Å². The summed E-state index contributed by atoms with van der Waals surface area (Å²) in [6, 6.07) is 12.6. The molecule has 1 aromatic carbocycles. The number of carbonyl (C=O) groups is 1. The van der Waals surface area contributed by atoms with Crippen LogP contribution in [0, 0.1) is 0 Å². The second-order valence-corrected chi connectivity index (χ2v) is 7.36. The summed E-state index contributed by atoms with van der Waals surface area (Å²) >= 11 is 0. The monoisotopic (exact) mass is 337 g/mol. The summed E-state index contributed by atoms with van der Waals surface area (Å²) in [4.78, 5) is 24.9. The summed E-state index contributed by atoms with van der Waals surface area (Å²) in [6.45, 7) is 1.93. The molecule has 25 heavy (non-hydrogen) atoms. The van der Waals surface area contributed by atoms with E-state index in [1.54, 1.807) is 4.57 Å². The van der Waals surface area contributed by atoms with Gasteiger partial charge in [-0.25, -0.2) is 4.79 Å². The lowest BCUT2D eigenvalue weighted by Gasteiger charge is -2.24. The predicted molar refractivity (Wildman–Crippen MR) is 95.7 cm³/mol. The molecule has 0 radical (unpaired) electrons. The maximum Gasteiger partial charge on any atom is 0.345 e. The van der Waals surface area contributed by atoms with Gasteiger partial charge in [0.2, 0.25) is 0 Å². The van der Waals surface area contributed by atoms with E-state index in [4.69, 9.17) is 4.74 Å². The quantitative estimate of drug-likeness (QED) is 0.592. The van der Waals surface area contributed by atoms with Crippen molar-refractivity contribution >= 4 is 5.97 Å². The van der Waals surface area contributed by atoms with Crippen molar-refractivity contribution < 1.29 is 9.53 Å². The van der Waals surface area contributed by atoms with Crippen LogP contribution in [0.15, 0.2) is 47.4 Å². The van der Waals surface area contributed by atoms with Crippen LogP contribution in [0.3, 0.4) is 0 Å². The van der Waals surface area contributed by atoms with Crippen LogP contribution >= 0.6 is 0 Å². The molecule has 2 aliphatic rings. The van der Waals surface area contributed by atoms with Crippen molar-refractivity contribution in [1.82, 2.24) is 4.57 Å². The summed E-state index contributed by atoms with van der Waals surface area (Å²) in [5.74, 6) is -0.458. The molecule has 1 aliphatic carbocycles. The minimum Gasteiger partial charge on any atom is -0.451 e. The highest BCUT2D eigenvalue weighted by Gasteiger charge is 2.44. The zero-order valence-corrected chi connectivity index (χ0v) is 14.5. The van der Waals surface area contributed by atoms with E-state index < -0.39 is 11.6 Å². The lowest BCUT2D eigenvalue weighted by atomic mass is 9.89. The Morgan fingerprint density at radius 2 is 1.88 bits per heavy atom. The molecule has 1 aromatic heterocycles. The van der Waals surface area contributed by atoms with Crippen LogP contribution in [-0.2, 0) is 16.8 Å². The Labute approximate surface area is 147 Å². The summed E-state index contributed by atoms with van der Waals surface area (Å²) in [6.07, 6.45) is 7.61. The Balaban J connectivity index is 1.47. The Hall–Kier alpha value is -2.36. The Morgan fingerprint density at radius 1 is 1.12 bits per heavy atom. The van der Waals surface area contributed by atoms with Crippen LogP contribution in [0.2, 0.25) is 0 Å². The molecule has 1 aliphatic heterocycles. The molecule has 2 heterocycles. The van der Waals surface area contributed by atoms with E-state index in [9.17, 15) is 9.59 Å². The van der Waals surface area contributed by atoms with Crippen LogP contribution in [0.5, 0.6) is 0 Å². The second kappa shape index (κ2) is 6.17. The highest BCUT2D eigenvalue weighted by atomic mass is 16.6. The number of aryl methyl sites for hydroxylation is 1. The maximum absolute atomic E-state index is 12.6. The van der Waals surface area contributed by atoms with Crippen molar-refractivity contribution in [2.75, 3.05) is 0 Å². The van der Waals surface area contributed by atoms with Gasteiger partial charge >= 0.3 is 5.97 Å². The van der Waals surface area contributed by atoms with Gasteiger partial charge in [0.25, 0.3) is 5.56 Å². The second-order valence-electron chi connectivity index (χ2n) is 7.36. The van der Waals surface area contributed by atoms with Crippen LogP contribution in [0.1, 0.15) is 66.6 Å². The molecule has 0 saturated heterocycles. The van der Waals surface area contributed by atoms with E-state index in [1.165, 1.54) is 5.56 Å².